The van der Waals surface area contributed by atoms with Crippen LogP contribution in [0.5, 0.6) is 5.75 Å². The highest BCUT2D eigenvalue weighted by atomic mass is 35.5. The van der Waals surface area contributed by atoms with E-state index in [1.165, 1.54) is 18.1 Å². The molecular weight excluding hydrogens is 437 g/mol. The number of aliphatic hydroxyl groups excluding tert-OH is 1. The number of likely N-dealkylation sites (tertiary alicyclic amines) is 1. The van der Waals surface area contributed by atoms with Gasteiger partial charge in [0, 0.05) is 12.1 Å². The van der Waals surface area contributed by atoms with Gasteiger partial charge in [-0.2, -0.15) is 0 Å². The minimum Gasteiger partial charge on any atom is -0.507 e. The molecule has 1 heterocycles. The number of carbonyl (C=O) groups is 2. The van der Waals surface area contributed by atoms with Gasteiger partial charge in [-0.05, 0) is 42.3 Å². The molecule has 1 aliphatic rings. The van der Waals surface area contributed by atoms with E-state index in [2.05, 4.69) is 0 Å². The van der Waals surface area contributed by atoms with Crippen molar-refractivity contribution in [3.8, 4) is 5.75 Å². The van der Waals surface area contributed by atoms with Crippen molar-refractivity contribution in [1.29, 1.82) is 0 Å². The summed E-state index contributed by atoms with van der Waals surface area (Å²) in [6.45, 7) is 2.24. The number of methoxy groups -OCH3 is 1. The largest absolute Gasteiger partial charge is 0.507 e. The van der Waals surface area contributed by atoms with Crippen LogP contribution in [0.25, 0.3) is 5.76 Å². The summed E-state index contributed by atoms with van der Waals surface area (Å²) in [5.41, 5.74) is 0.853. The summed E-state index contributed by atoms with van der Waals surface area (Å²) in [6, 6.07) is 8.71. The van der Waals surface area contributed by atoms with Gasteiger partial charge in [0.25, 0.3) is 11.7 Å². The lowest BCUT2D eigenvalue weighted by molar-refractivity contribution is -0.139. The zero-order valence-electron chi connectivity index (χ0n) is 15.7. The average molecular weight is 455 g/mol. The quantitative estimate of drug-likeness (QED) is 0.369. The highest BCUT2D eigenvalue weighted by molar-refractivity contribution is 6.47. The van der Waals surface area contributed by atoms with Gasteiger partial charge in [0.2, 0.25) is 0 Å². The van der Waals surface area contributed by atoms with E-state index in [1.54, 1.807) is 30.3 Å². The summed E-state index contributed by atoms with van der Waals surface area (Å²) in [6.07, 6.45) is 0.638. The number of ketones is 1. The molecular formula is C21H18Cl3NO4. The molecule has 29 heavy (non-hydrogen) atoms. The molecule has 0 saturated carbocycles. The Morgan fingerprint density at radius 1 is 1.07 bits per heavy atom. The van der Waals surface area contributed by atoms with Crippen LogP contribution in [0, 0.1) is 0 Å². The van der Waals surface area contributed by atoms with Gasteiger partial charge in [-0.3, -0.25) is 9.59 Å². The van der Waals surface area contributed by atoms with Crippen molar-refractivity contribution in [2.24, 2.45) is 0 Å². The molecule has 0 radical (unpaired) electrons. The van der Waals surface area contributed by atoms with Gasteiger partial charge in [-0.15, -0.1) is 0 Å². The van der Waals surface area contributed by atoms with Crippen LogP contribution in [-0.2, 0) is 9.59 Å². The molecule has 0 aromatic heterocycles. The Kier molecular flexibility index (Phi) is 6.42. The second-order valence-electron chi connectivity index (χ2n) is 6.52. The summed E-state index contributed by atoms with van der Waals surface area (Å²) in [4.78, 5) is 26.9. The second kappa shape index (κ2) is 8.66. The number of Topliss-reactive ketones (excluding diaryl/α,β-unsaturated/α-hetero) is 1. The predicted octanol–water partition coefficient (Wildman–Crippen LogP) is 5.49. The van der Waals surface area contributed by atoms with Gasteiger partial charge in [-0.1, -0.05) is 47.8 Å². The molecule has 0 aliphatic carbocycles. The third kappa shape index (κ3) is 3.95. The maximum absolute atomic E-state index is 12.8. The molecule has 1 saturated heterocycles. The Balaban J connectivity index is 2.20. The first-order valence-corrected chi connectivity index (χ1v) is 10.0. The summed E-state index contributed by atoms with van der Waals surface area (Å²) >= 11 is 18.3. The van der Waals surface area contributed by atoms with Gasteiger partial charge in [0.05, 0.1) is 33.8 Å². The number of amides is 1. The monoisotopic (exact) mass is 453 g/mol. The van der Waals surface area contributed by atoms with Crippen LogP contribution in [0.15, 0.2) is 42.0 Å². The van der Waals surface area contributed by atoms with Gasteiger partial charge in [0.15, 0.2) is 0 Å². The van der Waals surface area contributed by atoms with E-state index in [9.17, 15) is 14.7 Å². The highest BCUT2D eigenvalue weighted by Gasteiger charge is 2.45. The van der Waals surface area contributed by atoms with E-state index in [0.717, 1.165) is 0 Å². The molecule has 5 nitrogen and oxygen atoms in total. The van der Waals surface area contributed by atoms with Crippen molar-refractivity contribution in [3.05, 3.63) is 68.2 Å². The van der Waals surface area contributed by atoms with E-state index in [1.807, 2.05) is 6.92 Å². The number of carbonyl (C=O) groups excluding carboxylic acids is 2. The van der Waals surface area contributed by atoms with E-state index in [4.69, 9.17) is 39.5 Å². The van der Waals surface area contributed by atoms with Crippen LogP contribution in [0.2, 0.25) is 15.1 Å². The number of benzene rings is 2. The lowest BCUT2D eigenvalue weighted by Gasteiger charge is -2.25. The molecule has 1 atom stereocenters. The number of rotatable bonds is 5. The summed E-state index contributed by atoms with van der Waals surface area (Å²) in [5.74, 6) is -1.33. The molecule has 1 aliphatic heterocycles. The Morgan fingerprint density at radius 3 is 2.38 bits per heavy atom. The van der Waals surface area contributed by atoms with Crippen molar-refractivity contribution in [2.45, 2.75) is 19.4 Å². The minimum atomic E-state index is -0.786. The molecule has 3 rings (SSSR count). The van der Waals surface area contributed by atoms with Crippen LogP contribution in [0.4, 0.5) is 0 Å². The Morgan fingerprint density at radius 2 is 1.79 bits per heavy atom. The maximum Gasteiger partial charge on any atom is 0.295 e. The smallest absolute Gasteiger partial charge is 0.295 e. The first-order valence-electron chi connectivity index (χ1n) is 8.87. The second-order valence-corrected chi connectivity index (χ2v) is 7.74. The van der Waals surface area contributed by atoms with Crippen molar-refractivity contribution < 1.29 is 19.4 Å². The molecule has 1 fully saturated rings. The molecule has 2 aromatic rings. The van der Waals surface area contributed by atoms with Crippen molar-refractivity contribution in [1.82, 2.24) is 4.90 Å². The third-order valence-electron chi connectivity index (χ3n) is 4.69. The van der Waals surface area contributed by atoms with Gasteiger partial charge in [0.1, 0.15) is 11.5 Å². The van der Waals surface area contributed by atoms with Crippen LogP contribution in [0.3, 0.4) is 0 Å². The fourth-order valence-corrected chi connectivity index (χ4v) is 3.91. The summed E-state index contributed by atoms with van der Waals surface area (Å²) < 4.78 is 5.12. The number of hydrogen-bond donors (Lipinski definition) is 1. The Bertz CT molecular complexity index is 1020. The lowest BCUT2D eigenvalue weighted by Crippen LogP contribution is -2.30. The fourth-order valence-electron chi connectivity index (χ4n) is 3.35. The molecule has 0 spiro atoms. The molecule has 8 heteroatoms. The van der Waals surface area contributed by atoms with E-state index >= 15 is 0 Å². The van der Waals surface area contributed by atoms with Crippen molar-refractivity contribution in [2.75, 3.05) is 13.7 Å². The standard InChI is InChI=1S/C21H18Cl3NO4/c1-3-8-25-18(11-4-6-13(22)14(23)9-11)17(20(27)21(25)28)19(26)12-5-7-16(29-2)15(24)10-12/h4-7,9-10,18,26H,3,8H2,1-2H3/b19-17-. The SMILES string of the molecule is CCCN1C(=O)C(=O)/C(=C(\O)c2ccc(OC)c(Cl)c2)C1c1ccc(Cl)c(Cl)c1. The van der Waals surface area contributed by atoms with E-state index in [-0.39, 0.29) is 16.4 Å². The number of hydrogen-bond acceptors (Lipinski definition) is 4. The summed E-state index contributed by atoms with van der Waals surface area (Å²) in [5, 5.41) is 11.9. The Labute approximate surface area is 183 Å². The average Bonchev–Trinajstić information content (AvgIpc) is 2.94. The first-order chi connectivity index (χ1) is 13.8. The van der Waals surface area contributed by atoms with E-state index < -0.39 is 17.7 Å². The molecule has 0 bridgehead atoms. The highest BCUT2D eigenvalue weighted by Crippen LogP contribution is 2.41. The zero-order valence-corrected chi connectivity index (χ0v) is 18.0. The zero-order chi connectivity index (χ0) is 21.3. The molecule has 1 unspecified atom stereocenters. The van der Waals surface area contributed by atoms with Crippen LogP contribution in [0.1, 0.15) is 30.5 Å². The van der Waals surface area contributed by atoms with Crippen LogP contribution in [-0.4, -0.2) is 35.4 Å². The lowest BCUT2D eigenvalue weighted by atomic mass is 9.95. The van der Waals surface area contributed by atoms with E-state index in [0.29, 0.717) is 39.9 Å². The molecule has 1 N–H and O–H groups in total. The van der Waals surface area contributed by atoms with Crippen molar-refractivity contribution >= 4 is 52.3 Å². The Hall–Kier alpha value is -2.21. The number of aliphatic hydroxyl groups is 1. The number of nitrogens with zero attached hydrogens (tertiary/aromatic N) is 1. The molecule has 1 amide bonds. The normalized spacial score (nSPS) is 18.4. The van der Waals surface area contributed by atoms with Crippen molar-refractivity contribution in [3.63, 3.8) is 0 Å². The first kappa shape index (κ1) is 21.5. The maximum atomic E-state index is 12.8. The fraction of sp³-hybridized carbons (Fsp3) is 0.238. The predicted molar refractivity (Wildman–Crippen MR) is 114 cm³/mol. The number of ether oxygens (including phenoxy) is 1. The topological polar surface area (TPSA) is 66.8 Å². The summed E-state index contributed by atoms with van der Waals surface area (Å²) in [7, 11) is 1.47. The molecule has 152 valence electrons. The molecule has 2 aromatic carbocycles. The minimum absolute atomic E-state index is 0.0249. The van der Waals surface area contributed by atoms with Crippen LogP contribution >= 0.6 is 34.8 Å². The van der Waals surface area contributed by atoms with Crippen LogP contribution < -0.4 is 4.74 Å². The van der Waals surface area contributed by atoms with Gasteiger partial charge in [-0.25, -0.2) is 0 Å². The van der Waals surface area contributed by atoms with Gasteiger partial charge < -0.3 is 14.7 Å². The number of halogens is 3. The van der Waals surface area contributed by atoms with Gasteiger partial charge >= 0.3 is 0 Å². The third-order valence-corrected chi connectivity index (χ3v) is 5.72.